The van der Waals surface area contributed by atoms with Crippen molar-refractivity contribution in [2.24, 2.45) is 0 Å². The number of thioether (sulfide) groups is 1. The first-order valence-electron chi connectivity index (χ1n) is 11.3. The van der Waals surface area contributed by atoms with E-state index in [1.54, 1.807) is 55.6 Å². The van der Waals surface area contributed by atoms with Gasteiger partial charge < -0.3 is 10.1 Å². The zero-order valence-corrected chi connectivity index (χ0v) is 20.3. The van der Waals surface area contributed by atoms with E-state index in [-0.39, 0.29) is 11.5 Å². The Morgan fingerprint density at radius 3 is 2.29 bits per heavy atom. The minimum Gasteiger partial charge on any atom is -0.497 e. The second-order valence-electron chi connectivity index (χ2n) is 7.96. The highest BCUT2D eigenvalue weighted by atomic mass is 32.2. The van der Waals surface area contributed by atoms with E-state index in [0.29, 0.717) is 28.6 Å². The Bertz CT molecular complexity index is 1280. The van der Waals surface area contributed by atoms with Crippen molar-refractivity contribution in [2.45, 2.75) is 25.0 Å². The van der Waals surface area contributed by atoms with Gasteiger partial charge in [-0.15, -0.1) is 0 Å². The molecule has 3 aromatic carbocycles. The molecule has 0 bridgehead atoms. The number of ether oxygens (including phenoxy) is 1. The Morgan fingerprint density at radius 1 is 1.03 bits per heavy atom. The topological polar surface area (TPSA) is 82.4 Å². The molecule has 0 aliphatic carbocycles. The number of amides is 2. The summed E-state index contributed by atoms with van der Waals surface area (Å²) >= 11 is 1.25. The summed E-state index contributed by atoms with van der Waals surface area (Å²) in [6, 6.07) is 26.1. The van der Waals surface area contributed by atoms with Gasteiger partial charge in [-0.25, -0.2) is 0 Å². The second kappa shape index (κ2) is 10.9. The number of carbonyl (C=O) groups is 2. The van der Waals surface area contributed by atoms with E-state index in [0.717, 1.165) is 12.0 Å². The van der Waals surface area contributed by atoms with Crippen LogP contribution in [0.5, 0.6) is 5.75 Å². The molecule has 4 rings (SSSR count). The van der Waals surface area contributed by atoms with Crippen LogP contribution in [-0.2, 0) is 22.4 Å². The molecule has 2 amide bonds. The number of nitrogens with zero attached hydrogens (tertiary/aromatic N) is 2. The van der Waals surface area contributed by atoms with Crippen molar-refractivity contribution in [2.75, 3.05) is 17.3 Å². The SMILES string of the molecule is CCc1ccc(CC2S/C(=C(/C#N)C(=O)Nc3ccccc3)N(c3ccc(OC)cc3)C2=O)cc1. The third-order valence-corrected chi connectivity index (χ3v) is 6.98. The molecular weight excluding hydrogens is 458 g/mol. The van der Waals surface area contributed by atoms with E-state index < -0.39 is 11.2 Å². The van der Waals surface area contributed by atoms with Gasteiger partial charge in [0.2, 0.25) is 5.91 Å². The van der Waals surface area contributed by atoms with Gasteiger partial charge in [0.15, 0.2) is 0 Å². The van der Waals surface area contributed by atoms with E-state index in [1.165, 1.54) is 22.2 Å². The number of benzene rings is 3. The summed E-state index contributed by atoms with van der Waals surface area (Å²) in [6.45, 7) is 2.10. The molecular formula is C28H25N3O3S. The van der Waals surface area contributed by atoms with Crippen LogP contribution in [0, 0.1) is 11.3 Å². The van der Waals surface area contributed by atoms with Crippen LogP contribution in [0.25, 0.3) is 0 Å². The third kappa shape index (κ3) is 5.39. The summed E-state index contributed by atoms with van der Waals surface area (Å²) in [5.41, 5.74) is 3.29. The zero-order chi connectivity index (χ0) is 24.8. The third-order valence-electron chi connectivity index (χ3n) is 5.72. The average Bonchev–Trinajstić information content (AvgIpc) is 3.20. The standard InChI is InChI=1S/C28H25N3O3S/c1-3-19-9-11-20(12-10-19)17-25-27(33)31(22-13-15-23(34-2)16-14-22)28(35-25)24(18-29)26(32)30-21-7-5-4-6-8-21/h4-16,25H,3,17H2,1-2H3,(H,30,32)/b28-24-. The molecule has 1 unspecified atom stereocenters. The van der Waals surface area contributed by atoms with Crippen LogP contribution in [0.1, 0.15) is 18.1 Å². The van der Waals surface area contributed by atoms with Gasteiger partial charge >= 0.3 is 0 Å². The fraction of sp³-hybridized carbons (Fsp3) is 0.179. The minimum absolute atomic E-state index is 0.105. The maximum Gasteiger partial charge on any atom is 0.269 e. The zero-order valence-electron chi connectivity index (χ0n) is 19.5. The molecule has 6 nitrogen and oxygen atoms in total. The number of rotatable bonds is 7. The van der Waals surface area contributed by atoms with Gasteiger partial charge in [-0.2, -0.15) is 5.26 Å². The van der Waals surface area contributed by atoms with Gasteiger partial charge in [0.25, 0.3) is 5.91 Å². The number of para-hydroxylation sites is 1. The van der Waals surface area contributed by atoms with Gasteiger partial charge in [0.1, 0.15) is 22.4 Å². The molecule has 1 N–H and O–H groups in total. The van der Waals surface area contributed by atoms with Crippen LogP contribution in [-0.4, -0.2) is 24.2 Å². The minimum atomic E-state index is -0.555. The van der Waals surface area contributed by atoms with Crippen molar-refractivity contribution in [1.82, 2.24) is 0 Å². The van der Waals surface area contributed by atoms with Gasteiger partial charge in [0.05, 0.1) is 12.4 Å². The summed E-state index contributed by atoms with van der Waals surface area (Å²) < 4.78 is 5.24. The predicted octanol–water partition coefficient (Wildman–Crippen LogP) is 5.32. The Balaban J connectivity index is 1.70. The molecule has 0 saturated carbocycles. The van der Waals surface area contributed by atoms with Crippen LogP contribution >= 0.6 is 11.8 Å². The molecule has 3 aromatic rings. The van der Waals surface area contributed by atoms with Gasteiger partial charge in [-0.05, 0) is 60.4 Å². The smallest absolute Gasteiger partial charge is 0.269 e. The van der Waals surface area contributed by atoms with Crippen molar-refractivity contribution >= 4 is 35.0 Å². The molecule has 0 spiro atoms. The van der Waals surface area contributed by atoms with E-state index in [9.17, 15) is 14.9 Å². The maximum absolute atomic E-state index is 13.6. The molecule has 1 atom stereocenters. The van der Waals surface area contributed by atoms with Crippen molar-refractivity contribution in [3.8, 4) is 11.8 Å². The monoisotopic (exact) mass is 483 g/mol. The van der Waals surface area contributed by atoms with E-state index in [2.05, 4.69) is 24.4 Å². The number of anilines is 2. The van der Waals surface area contributed by atoms with Crippen LogP contribution in [0.3, 0.4) is 0 Å². The van der Waals surface area contributed by atoms with Crippen LogP contribution in [0.2, 0.25) is 0 Å². The molecule has 176 valence electrons. The lowest BCUT2D eigenvalue weighted by atomic mass is 10.1. The Hall–Kier alpha value is -4.02. The largest absolute Gasteiger partial charge is 0.497 e. The maximum atomic E-state index is 13.6. The van der Waals surface area contributed by atoms with Gasteiger partial charge in [-0.1, -0.05) is 61.2 Å². The van der Waals surface area contributed by atoms with E-state index in [1.807, 2.05) is 24.3 Å². The highest BCUT2D eigenvalue weighted by molar-refractivity contribution is 8.05. The van der Waals surface area contributed by atoms with Crippen molar-refractivity contribution in [3.63, 3.8) is 0 Å². The molecule has 0 radical (unpaired) electrons. The number of aryl methyl sites for hydroxylation is 1. The summed E-state index contributed by atoms with van der Waals surface area (Å²) in [4.78, 5) is 28.2. The Morgan fingerprint density at radius 2 is 1.69 bits per heavy atom. The summed E-state index contributed by atoms with van der Waals surface area (Å²) in [7, 11) is 1.57. The van der Waals surface area contributed by atoms with E-state index >= 15 is 0 Å². The number of carbonyl (C=O) groups excluding carboxylic acids is 2. The predicted molar refractivity (Wildman–Crippen MR) is 139 cm³/mol. The number of hydrogen-bond acceptors (Lipinski definition) is 5. The molecule has 1 aliphatic rings. The highest BCUT2D eigenvalue weighted by Crippen LogP contribution is 2.42. The first-order chi connectivity index (χ1) is 17.0. The second-order valence-corrected chi connectivity index (χ2v) is 9.16. The van der Waals surface area contributed by atoms with Crippen molar-refractivity contribution < 1.29 is 14.3 Å². The van der Waals surface area contributed by atoms with Gasteiger partial charge in [0, 0.05) is 11.4 Å². The highest BCUT2D eigenvalue weighted by Gasteiger charge is 2.40. The fourth-order valence-electron chi connectivity index (χ4n) is 3.79. The average molecular weight is 484 g/mol. The van der Waals surface area contributed by atoms with Crippen LogP contribution < -0.4 is 15.0 Å². The van der Waals surface area contributed by atoms with Crippen molar-refractivity contribution in [3.05, 3.63) is 101 Å². The molecule has 1 heterocycles. The summed E-state index contributed by atoms with van der Waals surface area (Å²) in [5.74, 6) is -0.0797. The Kier molecular flexibility index (Phi) is 7.54. The lowest BCUT2D eigenvalue weighted by Gasteiger charge is -2.19. The molecule has 35 heavy (non-hydrogen) atoms. The van der Waals surface area contributed by atoms with Gasteiger partial charge in [-0.3, -0.25) is 14.5 Å². The summed E-state index contributed by atoms with van der Waals surface area (Å²) in [6.07, 6.45) is 1.43. The summed E-state index contributed by atoms with van der Waals surface area (Å²) in [5, 5.41) is 12.6. The number of methoxy groups -OCH3 is 1. The quantitative estimate of drug-likeness (QED) is 0.363. The first kappa shape index (κ1) is 24.1. The lowest BCUT2D eigenvalue weighted by Crippen LogP contribution is -2.30. The fourth-order valence-corrected chi connectivity index (χ4v) is 5.10. The van der Waals surface area contributed by atoms with Crippen LogP contribution in [0.15, 0.2) is 89.5 Å². The van der Waals surface area contributed by atoms with Crippen molar-refractivity contribution in [1.29, 1.82) is 5.26 Å². The molecule has 1 fully saturated rings. The van der Waals surface area contributed by atoms with E-state index in [4.69, 9.17) is 4.74 Å². The molecule has 7 heteroatoms. The number of nitrogens with one attached hydrogen (secondary N) is 1. The van der Waals surface area contributed by atoms with Crippen LogP contribution in [0.4, 0.5) is 11.4 Å². The lowest BCUT2D eigenvalue weighted by molar-refractivity contribution is -0.117. The molecule has 0 aromatic heterocycles. The number of hydrogen-bond donors (Lipinski definition) is 1. The molecule has 1 aliphatic heterocycles. The molecule has 1 saturated heterocycles. The Labute approximate surface area is 209 Å². The normalized spacial score (nSPS) is 16.5. The number of nitriles is 1. The first-order valence-corrected chi connectivity index (χ1v) is 12.1.